The Hall–Kier alpha value is -0.500. The maximum Gasteiger partial charge on any atom is 0.120 e. The second kappa shape index (κ2) is 4.83. The molecule has 0 bridgehead atoms. The molecule has 1 aromatic rings. The fraction of sp³-hybridized carbons (Fsp3) is 0.500. The Morgan fingerprint density at radius 2 is 1.79 bits per heavy atom. The van der Waals surface area contributed by atoms with Gasteiger partial charge in [-0.3, -0.25) is 0 Å². The molecule has 0 unspecified atom stereocenters. The Labute approximate surface area is 94.6 Å². The lowest BCUT2D eigenvalue weighted by atomic mass is 10.1. The Morgan fingerprint density at radius 3 is 2.21 bits per heavy atom. The van der Waals surface area contributed by atoms with E-state index in [0.29, 0.717) is 0 Å². The van der Waals surface area contributed by atoms with E-state index in [9.17, 15) is 0 Å². The van der Waals surface area contributed by atoms with Crippen LogP contribution >= 0.6 is 15.9 Å². The average molecular weight is 257 g/mol. The Bertz CT molecular complexity index is 277. The molecular formula is C12H17BrO. The molecule has 1 rings (SSSR count). The number of aryl methyl sites for hydroxylation is 1. The molecule has 0 aliphatic rings. The lowest BCUT2D eigenvalue weighted by Crippen LogP contribution is -2.29. The van der Waals surface area contributed by atoms with Gasteiger partial charge in [0.15, 0.2) is 0 Å². The first-order valence-corrected chi connectivity index (χ1v) is 6.03. The van der Waals surface area contributed by atoms with Crippen LogP contribution in [-0.2, 0) is 6.42 Å². The largest absolute Gasteiger partial charge is 0.487 e. The van der Waals surface area contributed by atoms with Crippen molar-refractivity contribution >= 4 is 15.9 Å². The first-order chi connectivity index (χ1) is 6.57. The second-order valence-electron chi connectivity index (χ2n) is 3.99. The van der Waals surface area contributed by atoms with E-state index in [1.165, 1.54) is 5.56 Å². The van der Waals surface area contributed by atoms with Crippen LogP contribution in [-0.4, -0.2) is 10.9 Å². The quantitative estimate of drug-likeness (QED) is 0.745. The van der Waals surface area contributed by atoms with Gasteiger partial charge in [0.1, 0.15) is 11.4 Å². The van der Waals surface area contributed by atoms with E-state index in [2.05, 4.69) is 48.8 Å². The number of hydrogen-bond donors (Lipinski definition) is 0. The zero-order valence-electron chi connectivity index (χ0n) is 9.01. The summed E-state index contributed by atoms with van der Waals surface area (Å²) in [4.78, 5) is 0. The van der Waals surface area contributed by atoms with Crippen LogP contribution in [0.2, 0.25) is 0 Å². The van der Waals surface area contributed by atoms with E-state index >= 15 is 0 Å². The maximum absolute atomic E-state index is 5.80. The Balaban J connectivity index is 2.69. The maximum atomic E-state index is 5.80. The van der Waals surface area contributed by atoms with Crippen LogP contribution in [0.4, 0.5) is 0 Å². The van der Waals surface area contributed by atoms with Gasteiger partial charge in [-0.2, -0.15) is 0 Å². The molecule has 0 amide bonds. The zero-order valence-corrected chi connectivity index (χ0v) is 10.6. The lowest BCUT2D eigenvalue weighted by Gasteiger charge is -2.24. The molecule has 0 atom stereocenters. The fourth-order valence-corrected chi connectivity index (χ4v) is 1.25. The molecule has 1 nitrogen and oxygen atoms in total. The average Bonchev–Trinajstić information content (AvgIpc) is 2.19. The van der Waals surface area contributed by atoms with Gasteiger partial charge in [-0.05, 0) is 38.0 Å². The second-order valence-corrected chi connectivity index (χ2v) is 4.55. The van der Waals surface area contributed by atoms with Gasteiger partial charge in [-0.1, -0.05) is 35.0 Å². The van der Waals surface area contributed by atoms with E-state index in [0.717, 1.165) is 17.5 Å². The topological polar surface area (TPSA) is 9.23 Å². The molecule has 0 aliphatic carbocycles. The first-order valence-electron chi connectivity index (χ1n) is 4.91. The minimum absolute atomic E-state index is 0.145. The van der Waals surface area contributed by atoms with Crippen molar-refractivity contribution < 1.29 is 4.74 Å². The zero-order chi connectivity index (χ0) is 10.6. The minimum atomic E-state index is -0.145. The lowest BCUT2D eigenvalue weighted by molar-refractivity contribution is 0.137. The van der Waals surface area contributed by atoms with Crippen LogP contribution in [0.5, 0.6) is 5.75 Å². The third kappa shape index (κ3) is 3.33. The summed E-state index contributed by atoms with van der Waals surface area (Å²) in [7, 11) is 0. The smallest absolute Gasteiger partial charge is 0.120 e. The van der Waals surface area contributed by atoms with Crippen LogP contribution < -0.4 is 4.74 Å². The molecule has 0 spiro atoms. The molecule has 0 N–H and O–H groups in total. The van der Waals surface area contributed by atoms with E-state index in [4.69, 9.17) is 4.74 Å². The summed E-state index contributed by atoms with van der Waals surface area (Å²) in [6, 6.07) is 8.28. The number of rotatable bonds is 4. The van der Waals surface area contributed by atoms with E-state index in [1.54, 1.807) is 0 Å². The number of halogens is 1. The van der Waals surface area contributed by atoms with Crippen molar-refractivity contribution in [1.29, 1.82) is 0 Å². The van der Waals surface area contributed by atoms with Gasteiger partial charge in [0.25, 0.3) is 0 Å². The molecular weight excluding hydrogens is 240 g/mol. The predicted molar refractivity (Wildman–Crippen MR) is 64.3 cm³/mol. The Morgan fingerprint density at radius 1 is 1.21 bits per heavy atom. The highest BCUT2D eigenvalue weighted by atomic mass is 79.9. The monoisotopic (exact) mass is 256 g/mol. The molecule has 0 aromatic heterocycles. The highest BCUT2D eigenvalue weighted by Crippen LogP contribution is 2.20. The molecule has 0 aliphatic heterocycles. The molecule has 78 valence electrons. The standard InChI is InChI=1S/C12H17BrO/c1-4-10-5-7-11(8-6-10)14-12(2,3)9-13/h5-8H,4,9H2,1-3H3. The number of ether oxygens (including phenoxy) is 1. The van der Waals surface area contributed by atoms with Crippen LogP contribution in [0.1, 0.15) is 26.3 Å². The summed E-state index contributed by atoms with van der Waals surface area (Å²) in [5, 5.41) is 0.829. The van der Waals surface area contributed by atoms with E-state index in [1.807, 2.05) is 12.1 Å². The minimum Gasteiger partial charge on any atom is -0.487 e. The van der Waals surface area contributed by atoms with Crippen molar-refractivity contribution in [1.82, 2.24) is 0 Å². The van der Waals surface area contributed by atoms with Gasteiger partial charge < -0.3 is 4.74 Å². The van der Waals surface area contributed by atoms with Gasteiger partial charge in [0, 0.05) is 5.33 Å². The summed E-state index contributed by atoms with van der Waals surface area (Å²) in [5.41, 5.74) is 1.20. The molecule has 0 radical (unpaired) electrons. The molecule has 0 saturated heterocycles. The number of alkyl halides is 1. The van der Waals surface area contributed by atoms with Gasteiger partial charge >= 0.3 is 0 Å². The summed E-state index contributed by atoms with van der Waals surface area (Å²) >= 11 is 3.43. The van der Waals surface area contributed by atoms with Crippen molar-refractivity contribution in [2.45, 2.75) is 32.8 Å². The first kappa shape index (κ1) is 11.6. The van der Waals surface area contributed by atoms with Crippen molar-refractivity contribution in [2.75, 3.05) is 5.33 Å². The molecule has 0 heterocycles. The Kier molecular flexibility index (Phi) is 3.99. The highest BCUT2D eigenvalue weighted by Gasteiger charge is 2.17. The molecule has 2 heteroatoms. The summed E-state index contributed by atoms with van der Waals surface area (Å²) in [5.74, 6) is 0.937. The molecule has 14 heavy (non-hydrogen) atoms. The van der Waals surface area contributed by atoms with Gasteiger partial charge in [0.05, 0.1) is 0 Å². The fourth-order valence-electron chi connectivity index (χ4n) is 1.14. The van der Waals surface area contributed by atoms with Crippen LogP contribution in [0, 0.1) is 0 Å². The van der Waals surface area contributed by atoms with Gasteiger partial charge in [-0.25, -0.2) is 0 Å². The number of benzene rings is 1. The molecule has 1 aromatic carbocycles. The van der Waals surface area contributed by atoms with Crippen LogP contribution in [0.3, 0.4) is 0 Å². The normalized spacial score (nSPS) is 11.4. The summed E-state index contributed by atoms with van der Waals surface area (Å²) in [6.07, 6.45) is 1.07. The van der Waals surface area contributed by atoms with Crippen molar-refractivity contribution in [3.8, 4) is 5.75 Å². The van der Waals surface area contributed by atoms with Gasteiger partial charge in [0.2, 0.25) is 0 Å². The molecule has 0 saturated carbocycles. The van der Waals surface area contributed by atoms with Crippen molar-refractivity contribution in [3.63, 3.8) is 0 Å². The molecule has 0 fully saturated rings. The van der Waals surface area contributed by atoms with Crippen molar-refractivity contribution in [3.05, 3.63) is 29.8 Å². The SMILES string of the molecule is CCc1ccc(OC(C)(C)CBr)cc1. The van der Waals surface area contributed by atoms with E-state index in [-0.39, 0.29) is 5.60 Å². The van der Waals surface area contributed by atoms with Crippen molar-refractivity contribution in [2.24, 2.45) is 0 Å². The van der Waals surface area contributed by atoms with Crippen LogP contribution in [0.25, 0.3) is 0 Å². The third-order valence-corrected chi connectivity index (χ3v) is 3.40. The van der Waals surface area contributed by atoms with E-state index < -0.39 is 0 Å². The number of hydrogen-bond acceptors (Lipinski definition) is 1. The highest BCUT2D eigenvalue weighted by molar-refractivity contribution is 9.09. The van der Waals surface area contributed by atoms with Crippen LogP contribution in [0.15, 0.2) is 24.3 Å². The summed E-state index contributed by atoms with van der Waals surface area (Å²) < 4.78 is 5.80. The predicted octanol–water partition coefficient (Wildman–Crippen LogP) is 3.80. The van der Waals surface area contributed by atoms with Gasteiger partial charge in [-0.15, -0.1) is 0 Å². The third-order valence-electron chi connectivity index (χ3n) is 2.05. The summed E-state index contributed by atoms with van der Waals surface area (Å²) in [6.45, 7) is 6.28.